The molecule has 0 aromatic heterocycles. The number of thiocyanates is 4. The van der Waals surface area contributed by atoms with E-state index in [9.17, 15) is 0 Å². The van der Waals surface area contributed by atoms with Crippen LogP contribution in [0.1, 0.15) is 0 Å². The Morgan fingerprint density at radius 3 is 0.562 bits per heavy atom. The van der Waals surface area contributed by atoms with E-state index in [1.165, 1.54) is 21.6 Å². The van der Waals surface area contributed by atoms with E-state index in [0.717, 1.165) is 0 Å². The standard InChI is InChI=1S/4CHNS.Cr.H3N.2H2N/c4*2-1-3;;;;/h4*3H;;1H3;2*1H2/q;;;;+2;;2*-1. The van der Waals surface area contributed by atoms with Crippen molar-refractivity contribution >= 4 is 50.5 Å². The average Bonchev–Trinajstić information content (AvgIpc) is 1.92. The van der Waals surface area contributed by atoms with Crippen molar-refractivity contribution in [3.8, 4) is 21.6 Å². The zero-order valence-electron chi connectivity index (χ0n) is 7.85. The molecule has 0 aliphatic rings. The first-order chi connectivity index (χ1) is 5.66. The molecule has 0 bridgehead atoms. The van der Waals surface area contributed by atoms with Crippen molar-refractivity contribution in [2.75, 3.05) is 0 Å². The van der Waals surface area contributed by atoms with Crippen molar-refractivity contribution in [1.29, 1.82) is 21.0 Å². The Morgan fingerprint density at radius 1 is 0.562 bits per heavy atom. The molecule has 16 heavy (non-hydrogen) atoms. The molecule has 0 saturated heterocycles. The third-order valence-corrected chi connectivity index (χ3v) is 0. The largest absolute Gasteiger partial charge is 2.00 e. The van der Waals surface area contributed by atoms with Gasteiger partial charge in [-0.05, 0) is 0 Å². The van der Waals surface area contributed by atoms with E-state index in [1.807, 2.05) is 0 Å². The zero-order valence-corrected chi connectivity index (χ0v) is 12.7. The minimum atomic E-state index is 0. The molecule has 0 heterocycles. The first-order valence-corrected chi connectivity index (χ1v) is 3.58. The zero-order chi connectivity index (χ0) is 10.8. The van der Waals surface area contributed by atoms with Gasteiger partial charge in [0, 0.05) is 0 Å². The van der Waals surface area contributed by atoms with E-state index in [2.05, 4.69) is 50.5 Å². The van der Waals surface area contributed by atoms with Gasteiger partial charge >= 0.3 is 17.4 Å². The quantitative estimate of drug-likeness (QED) is 0.333. The van der Waals surface area contributed by atoms with Gasteiger partial charge in [-0.15, -0.1) is 0 Å². The van der Waals surface area contributed by atoms with Crippen molar-refractivity contribution in [1.82, 2.24) is 6.15 Å². The second-order valence-corrected chi connectivity index (χ2v) is 1.20. The van der Waals surface area contributed by atoms with E-state index in [0.29, 0.717) is 0 Å². The topological polar surface area (TPSA) is 197 Å². The van der Waals surface area contributed by atoms with E-state index in [-0.39, 0.29) is 35.8 Å². The van der Waals surface area contributed by atoms with Gasteiger partial charge in [-0.1, -0.05) is 50.5 Å². The Labute approximate surface area is 128 Å². The molecule has 0 saturated carbocycles. The Hall–Kier alpha value is -0.228. The predicted molar refractivity (Wildman–Crippen MR) is 74.0 cm³/mol. The number of nitrogens with zero attached hydrogens (tertiary/aromatic N) is 4. The first kappa shape index (κ1) is 57.0. The van der Waals surface area contributed by atoms with Crippen LogP contribution in [-0.2, 0) is 17.4 Å². The summed E-state index contributed by atoms with van der Waals surface area (Å²) in [6.07, 6.45) is 0. The second kappa shape index (κ2) is 197. The molecule has 7 N–H and O–H groups in total. The smallest absolute Gasteiger partial charge is 0.693 e. The Bertz CT molecular complexity index is 162. The van der Waals surface area contributed by atoms with Gasteiger partial charge in [0.15, 0.2) is 0 Å². The third kappa shape index (κ3) is 43400. The summed E-state index contributed by atoms with van der Waals surface area (Å²) in [4.78, 5) is 0. The van der Waals surface area contributed by atoms with Crippen molar-refractivity contribution < 1.29 is 17.4 Å². The number of hydrogen-bond donors (Lipinski definition) is 5. The SMILES string of the molecule is N.N#CS.N#CS.N#CS.N#CS.[Cr+2].[NH2-].[NH2-]. The van der Waals surface area contributed by atoms with Crippen LogP contribution in [0.2, 0.25) is 0 Å². The average molecular weight is 337 g/mol. The van der Waals surface area contributed by atoms with Crippen LogP contribution in [0, 0.1) is 42.7 Å². The van der Waals surface area contributed by atoms with Crippen LogP contribution < -0.4 is 6.15 Å². The van der Waals surface area contributed by atoms with Gasteiger partial charge in [0.05, 0.1) is 0 Å². The summed E-state index contributed by atoms with van der Waals surface area (Å²) >= 11 is 12.4. The fourth-order valence-corrected chi connectivity index (χ4v) is 0. The summed E-state index contributed by atoms with van der Waals surface area (Å²) in [6.45, 7) is 0. The van der Waals surface area contributed by atoms with Gasteiger partial charge < -0.3 is 18.5 Å². The van der Waals surface area contributed by atoms with Crippen molar-refractivity contribution in [2.24, 2.45) is 0 Å². The fourth-order valence-electron chi connectivity index (χ4n) is 0. The van der Waals surface area contributed by atoms with Crippen LogP contribution in [0.3, 0.4) is 0 Å². The van der Waals surface area contributed by atoms with E-state index in [4.69, 9.17) is 21.0 Å². The summed E-state index contributed by atoms with van der Waals surface area (Å²) in [5.74, 6) is 0. The van der Waals surface area contributed by atoms with Gasteiger partial charge in [-0.2, -0.15) is 21.0 Å². The summed E-state index contributed by atoms with van der Waals surface area (Å²) in [7, 11) is 0. The number of hydrogen-bond acceptors (Lipinski definition) is 9. The molecule has 0 atom stereocenters. The van der Waals surface area contributed by atoms with Gasteiger partial charge in [-0.25, -0.2) is 0 Å². The Kier molecular flexibility index (Phi) is 701. The summed E-state index contributed by atoms with van der Waals surface area (Å²) < 4.78 is 0. The first-order valence-electron chi connectivity index (χ1n) is 1.79. The van der Waals surface area contributed by atoms with Crippen LogP contribution in [0.25, 0.3) is 12.3 Å². The third-order valence-electron chi connectivity index (χ3n) is 0. The van der Waals surface area contributed by atoms with Crippen LogP contribution in [0.4, 0.5) is 0 Å². The molecular formula is C4H11CrN7S4. The molecule has 0 amide bonds. The van der Waals surface area contributed by atoms with E-state index >= 15 is 0 Å². The molecule has 92 valence electrons. The molecule has 0 unspecified atom stereocenters. The number of nitriles is 4. The predicted octanol–water partition coefficient (Wildman–Crippen LogP) is 3.18. The van der Waals surface area contributed by atoms with Gasteiger partial charge in [0.25, 0.3) is 0 Å². The van der Waals surface area contributed by atoms with Crippen LogP contribution in [0.5, 0.6) is 0 Å². The van der Waals surface area contributed by atoms with Crippen molar-refractivity contribution in [2.45, 2.75) is 0 Å². The van der Waals surface area contributed by atoms with Crippen molar-refractivity contribution in [3.05, 3.63) is 12.3 Å². The maximum Gasteiger partial charge on any atom is 2.00 e. The Balaban J connectivity index is -0.00000000821. The molecule has 0 spiro atoms. The molecule has 0 rings (SSSR count). The number of rotatable bonds is 0. The summed E-state index contributed by atoms with van der Waals surface area (Å²) in [5, 5.41) is 34.5. The van der Waals surface area contributed by atoms with Gasteiger partial charge in [0.1, 0.15) is 21.6 Å². The van der Waals surface area contributed by atoms with Crippen LogP contribution >= 0.6 is 50.5 Å². The number of nitrogens with two attached hydrogens (primary N) is 2. The number of thiol groups is 4. The molecule has 7 nitrogen and oxygen atoms in total. The molecule has 0 aliphatic heterocycles. The van der Waals surface area contributed by atoms with Gasteiger partial charge in [-0.3, -0.25) is 0 Å². The van der Waals surface area contributed by atoms with Gasteiger partial charge in [0.2, 0.25) is 0 Å². The summed E-state index contributed by atoms with van der Waals surface area (Å²) in [6, 6.07) is 0. The maximum absolute atomic E-state index is 7.18. The molecular weight excluding hydrogens is 326 g/mol. The second-order valence-electron chi connectivity index (χ2n) is 0.400. The molecule has 12 heteroatoms. The maximum atomic E-state index is 7.18. The van der Waals surface area contributed by atoms with E-state index < -0.39 is 0 Å². The monoisotopic (exact) mass is 337 g/mol. The summed E-state index contributed by atoms with van der Waals surface area (Å²) in [5.41, 5.74) is 0. The molecule has 0 fully saturated rings. The fraction of sp³-hybridized carbons (Fsp3) is 0. The normalized spacial score (nSPS) is 2.00. The van der Waals surface area contributed by atoms with Crippen LogP contribution in [-0.4, -0.2) is 0 Å². The molecule has 0 radical (unpaired) electrons. The molecule has 0 aromatic carbocycles. The van der Waals surface area contributed by atoms with Crippen molar-refractivity contribution in [3.63, 3.8) is 0 Å². The molecule has 0 aromatic rings. The minimum Gasteiger partial charge on any atom is -0.693 e. The minimum absolute atomic E-state index is 0. The van der Waals surface area contributed by atoms with E-state index in [1.54, 1.807) is 0 Å². The molecule has 0 aliphatic carbocycles. The van der Waals surface area contributed by atoms with Crippen LogP contribution in [0.15, 0.2) is 0 Å². The Morgan fingerprint density at radius 2 is 0.562 bits per heavy atom.